The minimum absolute atomic E-state index is 0.0923. The molecule has 4 nitrogen and oxygen atoms in total. The number of nitrogens with one attached hydrogen (secondary N) is 2. The Kier molecular flexibility index (Phi) is 2.08. The van der Waals surface area contributed by atoms with Gasteiger partial charge in [-0.15, -0.1) is 0 Å². The van der Waals surface area contributed by atoms with Crippen molar-refractivity contribution in [2.45, 2.75) is 6.17 Å². The lowest BCUT2D eigenvalue weighted by Gasteiger charge is -2.14. The van der Waals surface area contributed by atoms with E-state index in [0.29, 0.717) is 5.56 Å². The molecule has 86 valence electrons. The number of hydrogen-bond acceptors (Lipinski definition) is 4. The van der Waals surface area contributed by atoms with Crippen molar-refractivity contribution in [2.75, 3.05) is 10.6 Å². The number of aromatic hydroxyl groups is 2. The summed E-state index contributed by atoms with van der Waals surface area (Å²) in [7, 11) is 0. The van der Waals surface area contributed by atoms with E-state index in [9.17, 15) is 10.2 Å². The number of rotatable bonds is 1. The lowest BCUT2D eigenvalue weighted by Crippen LogP contribution is -2.12. The van der Waals surface area contributed by atoms with Crippen LogP contribution in [0.2, 0.25) is 0 Å². The number of para-hydroxylation sites is 3. The van der Waals surface area contributed by atoms with E-state index in [4.69, 9.17) is 0 Å². The smallest absolute Gasteiger partial charge is 0.164 e. The Morgan fingerprint density at radius 3 is 2.12 bits per heavy atom. The van der Waals surface area contributed by atoms with Crippen molar-refractivity contribution in [1.29, 1.82) is 0 Å². The fraction of sp³-hybridized carbons (Fsp3) is 0.0769. The molecule has 0 bridgehead atoms. The molecule has 0 radical (unpaired) electrons. The topological polar surface area (TPSA) is 64.5 Å². The molecule has 0 atom stereocenters. The zero-order chi connectivity index (χ0) is 11.8. The number of fused-ring (bicyclic) bond motifs is 1. The zero-order valence-electron chi connectivity index (χ0n) is 9.01. The van der Waals surface area contributed by atoms with Gasteiger partial charge in [-0.1, -0.05) is 24.3 Å². The van der Waals surface area contributed by atoms with E-state index in [1.54, 1.807) is 12.1 Å². The first-order valence-corrected chi connectivity index (χ1v) is 5.38. The fourth-order valence-corrected chi connectivity index (χ4v) is 2.02. The van der Waals surface area contributed by atoms with Gasteiger partial charge in [0.25, 0.3) is 0 Å². The van der Waals surface area contributed by atoms with Gasteiger partial charge in [-0.25, -0.2) is 0 Å². The van der Waals surface area contributed by atoms with Crippen LogP contribution in [0.5, 0.6) is 11.5 Å². The summed E-state index contributed by atoms with van der Waals surface area (Å²) < 4.78 is 0. The Labute approximate surface area is 98.5 Å². The van der Waals surface area contributed by atoms with Crippen LogP contribution in [-0.2, 0) is 0 Å². The van der Waals surface area contributed by atoms with Gasteiger partial charge in [0.05, 0.1) is 11.4 Å². The molecule has 1 aliphatic heterocycles. The van der Waals surface area contributed by atoms with Crippen LogP contribution in [-0.4, -0.2) is 10.2 Å². The second-order valence-corrected chi connectivity index (χ2v) is 3.98. The van der Waals surface area contributed by atoms with Gasteiger partial charge >= 0.3 is 0 Å². The molecule has 0 unspecified atom stereocenters. The molecule has 3 rings (SSSR count). The van der Waals surface area contributed by atoms with Crippen molar-refractivity contribution < 1.29 is 10.2 Å². The molecule has 1 heterocycles. The molecule has 0 aromatic heterocycles. The lowest BCUT2D eigenvalue weighted by atomic mass is 10.1. The Balaban J connectivity index is 1.97. The van der Waals surface area contributed by atoms with Gasteiger partial charge in [-0.2, -0.15) is 0 Å². The van der Waals surface area contributed by atoms with E-state index in [1.807, 2.05) is 24.3 Å². The van der Waals surface area contributed by atoms with Crippen molar-refractivity contribution in [3.63, 3.8) is 0 Å². The molecule has 0 fully saturated rings. The summed E-state index contributed by atoms with van der Waals surface area (Å²) in [5.74, 6) is -0.202. The normalized spacial score (nSPS) is 13.9. The van der Waals surface area contributed by atoms with Crippen LogP contribution < -0.4 is 10.6 Å². The monoisotopic (exact) mass is 228 g/mol. The Hall–Kier alpha value is -2.36. The molecule has 1 aliphatic rings. The molecule has 0 amide bonds. The van der Waals surface area contributed by atoms with Gasteiger partial charge in [0, 0.05) is 5.56 Å². The first-order chi connectivity index (χ1) is 8.25. The van der Waals surface area contributed by atoms with Crippen molar-refractivity contribution in [3.05, 3.63) is 48.0 Å². The number of anilines is 2. The standard InChI is InChI=1S/C13H12N2O2/c16-11-7-3-4-8(12(11)17)13-14-9-5-1-2-6-10(9)15-13/h1-7,13-17H. The van der Waals surface area contributed by atoms with E-state index < -0.39 is 0 Å². The summed E-state index contributed by atoms with van der Waals surface area (Å²) >= 11 is 0. The molecule has 0 spiro atoms. The fourth-order valence-electron chi connectivity index (χ4n) is 2.02. The Morgan fingerprint density at radius 1 is 0.824 bits per heavy atom. The highest BCUT2D eigenvalue weighted by atomic mass is 16.3. The Bertz CT molecular complexity index is 544. The van der Waals surface area contributed by atoms with Gasteiger partial charge in [-0.3, -0.25) is 0 Å². The van der Waals surface area contributed by atoms with Crippen LogP contribution in [0.15, 0.2) is 42.5 Å². The molecule has 0 saturated carbocycles. The van der Waals surface area contributed by atoms with Crippen LogP contribution in [0.3, 0.4) is 0 Å². The van der Waals surface area contributed by atoms with Crippen molar-refractivity contribution in [3.8, 4) is 11.5 Å². The van der Waals surface area contributed by atoms with Crippen molar-refractivity contribution in [1.82, 2.24) is 0 Å². The highest BCUT2D eigenvalue weighted by molar-refractivity contribution is 5.75. The van der Waals surface area contributed by atoms with Gasteiger partial charge in [-0.05, 0) is 18.2 Å². The third-order valence-corrected chi connectivity index (χ3v) is 2.88. The maximum absolute atomic E-state index is 9.81. The van der Waals surface area contributed by atoms with Crippen molar-refractivity contribution >= 4 is 11.4 Å². The molecule has 2 aromatic carbocycles. The lowest BCUT2D eigenvalue weighted by molar-refractivity contribution is 0.398. The van der Waals surface area contributed by atoms with Crippen LogP contribution in [0, 0.1) is 0 Å². The summed E-state index contributed by atoms with van der Waals surface area (Å²) in [6, 6.07) is 12.7. The second kappa shape index (κ2) is 3.59. The molecular weight excluding hydrogens is 216 g/mol. The summed E-state index contributed by atoms with van der Waals surface area (Å²) in [6.45, 7) is 0. The predicted octanol–water partition coefficient (Wildman–Crippen LogP) is 2.63. The van der Waals surface area contributed by atoms with Gasteiger partial charge in [0.1, 0.15) is 6.17 Å². The third kappa shape index (κ3) is 1.54. The summed E-state index contributed by atoms with van der Waals surface area (Å²) in [5.41, 5.74) is 2.60. The van der Waals surface area contributed by atoms with Crippen LogP contribution in [0.25, 0.3) is 0 Å². The second-order valence-electron chi connectivity index (χ2n) is 3.98. The van der Waals surface area contributed by atoms with Crippen LogP contribution in [0.1, 0.15) is 11.7 Å². The molecule has 0 aliphatic carbocycles. The Morgan fingerprint density at radius 2 is 1.47 bits per heavy atom. The zero-order valence-corrected chi connectivity index (χ0v) is 9.01. The minimum atomic E-state index is -0.223. The van der Waals surface area contributed by atoms with Gasteiger partial charge in [0.2, 0.25) is 0 Å². The highest BCUT2D eigenvalue weighted by Crippen LogP contribution is 2.40. The molecule has 17 heavy (non-hydrogen) atoms. The highest BCUT2D eigenvalue weighted by Gasteiger charge is 2.23. The summed E-state index contributed by atoms with van der Waals surface area (Å²) in [4.78, 5) is 0. The first kappa shape index (κ1) is 9.84. The average Bonchev–Trinajstić information content (AvgIpc) is 2.76. The maximum atomic E-state index is 9.81. The summed E-state index contributed by atoms with van der Waals surface area (Å²) in [6.07, 6.45) is -0.223. The number of phenols is 2. The number of phenolic OH excluding ortho intramolecular Hbond substituents is 2. The minimum Gasteiger partial charge on any atom is -0.504 e. The van der Waals surface area contributed by atoms with Crippen molar-refractivity contribution in [2.24, 2.45) is 0 Å². The van der Waals surface area contributed by atoms with Crippen LogP contribution in [0.4, 0.5) is 11.4 Å². The SMILES string of the molecule is Oc1cccc(C2Nc3ccccc3N2)c1O. The third-order valence-electron chi connectivity index (χ3n) is 2.88. The number of hydrogen-bond donors (Lipinski definition) is 4. The van der Waals surface area contributed by atoms with Gasteiger partial charge < -0.3 is 20.8 Å². The van der Waals surface area contributed by atoms with E-state index in [-0.39, 0.29) is 17.7 Å². The van der Waals surface area contributed by atoms with E-state index in [1.165, 1.54) is 6.07 Å². The largest absolute Gasteiger partial charge is 0.504 e. The van der Waals surface area contributed by atoms with E-state index in [0.717, 1.165) is 11.4 Å². The predicted molar refractivity (Wildman–Crippen MR) is 66.2 cm³/mol. The quantitative estimate of drug-likeness (QED) is 0.566. The van der Waals surface area contributed by atoms with E-state index >= 15 is 0 Å². The molecule has 4 N–H and O–H groups in total. The molecule has 0 saturated heterocycles. The molecule has 4 heteroatoms. The first-order valence-electron chi connectivity index (χ1n) is 5.38. The summed E-state index contributed by atoms with van der Waals surface area (Å²) in [5, 5.41) is 25.8. The van der Waals surface area contributed by atoms with Gasteiger partial charge in [0.15, 0.2) is 11.5 Å². The molecular formula is C13H12N2O2. The molecule has 2 aromatic rings. The maximum Gasteiger partial charge on any atom is 0.164 e. The van der Waals surface area contributed by atoms with E-state index in [2.05, 4.69) is 10.6 Å². The number of benzene rings is 2. The van der Waals surface area contributed by atoms with Crippen LogP contribution >= 0.6 is 0 Å². The average molecular weight is 228 g/mol.